The van der Waals surface area contributed by atoms with Gasteiger partial charge in [0.2, 0.25) is 0 Å². The van der Waals surface area contributed by atoms with Crippen LogP contribution in [0.5, 0.6) is 0 Å². The topological polar surface area (TPSA) is 91.3 Å². The highest BCUT2D eigenvalue weighted by atomic mass is 16.3. The minimum Gasteiger partial charge on any atom is -0.387 e. The van der Waals surface area contributed by atoms with E-state index in [0.717, 1.165) is 5.56 Å². The third-order valence-corrected chi connectivity index (χ3v) is 3.52. The number of nitrogens with zero attached hydrogens (tertiary/aromatic N) is 1. The minimum absolute atomic E-state index is 0.139. The maximum absolute atomic E-state index is 11.7. The van der Waals surface area contributed by atoms with Gasteiger partial charge in [-0.25, -0.2) is 0 Å². The SMILES string of the molecule is O=c1c(NCC(O)c2ccccc2)c(Nc2ccncc2)c1=O. The summed E-state index contributed by atoms with van der Waals surface area (Å²) in [6.45, 7) is 0.139. The summed E-state index contributed by atoms with van der Waals surface area (Å²) in [4.78, 5) is 27.3. The molecule has 0 saturated carbocycles. The highest BCUT2D eigenvalue weighted by molar-refractivity contribution is 5.78. The largest absolute Gasteiger partial charge is 0.387 e. The van der Waals surface area contributed by atoms with Crippen LogP contribution in [0.1, 0.15) is 11.7 Å². The van der Waals surface area contributed by atoms with E-state index in [1.54, 1.807) is 36.7 Å². The lowest BCUT2D eigenvalue weighted by atomic mass is 10.1. The fraction of sp³-hybridized carbons (Fsp3) is 0.118. The van der Waals surface area contributed by atoms with Gasteiger partial charge in [-0.15, -0.1) is 0 Å². The molecule has 6 nitrogen and oxygen atoms in total. The number of anilines is 3. The van der Waals surface area contributed by atoms with Crippen LogP contribution in [0.4, 0.5) is 17.1 Å². The molecule has 1 heterocycles. The van der Waals surface area contributed by atoms with Crippen LogP contribution in [-0.4, -0.2) is 16.6 Å². The van der Waals surface area contributed by atoms with Crippen LogP contribution < -0.4 is 21.5 Å². The number of aliphatic hydroxyl groups excluding tert-OH is 1. The molecule has 116 valence electrons. The van der Waals surface area contributed by atoms with Gasteiger partial charge in [0, 0.05) is 24.6 Å². The summed E-state index contributed by atoms with van der Waals surface area (Å²) in [5, 5.41) is 15.9. The molecular weight excluding hydrogens is 294 g/mol. The fourth-order valence-electron chi connectivity index (χ4n) is 2.25. The van der Waals surface area contributed by atoms with Gasteiger partial charge >= 0.3 is 0 Å². The second-order valence-corrected chi connectivity index (χ2v) is 5.08. The lowest BCUT2D eigenvalue weighted by Gasteiger charge is -2.17. The molecule has 3 aromatic rings. The molecule has 6 heteroatoms. The Hall–Kier alpha value is -2.99. The molecule has 0 fully saturated rings. The molecule has 0 saturated heterocycles. The molecule has 3 N–H and O–H groups in total. The molecular formula is C17H15N3O3. The van der Waals surface area contributed by atoms with Crippen molar-refractivity contribution in [2.75, 3.05) is 17.2 Å². The number of nitrogens with one attached hydrogen (secondary N) is 2. The van der Waals surface area contributed by atoms with E-state index in [9.17, 15) is 14.7 Å². The third kappa shape index (κ3) is 3.12. The molecule has 0 spiro atoms. The van der Waals surface area contributed by atoms with Crippen molar-refractivity contribution >= 4 is 17.1 Å². The van der Waals surface area contributed by atoms with Crippen LogP contribution >= 0.6 is 0 Å². The van der Waals surface area contributed by atoms with Crippen molar-refractivity contribution in [3.63, 3.8) is 0 Å². The number of hydrogen-bond acceptors (Lipinski definition) is 6. The number of benzene rings is 1. The van der Waals surface area contributed by atoms with E-state index in [4.69, 9.17) is 0 Å². The maximum atomic E-state index is 11.7. The molecule has 1 aromatic heterocycles. The van der Waals surface area contributed by atoms with E-state index in [1.165, 1.54) is 0 Å². The first-order valence-corrected chi connectivity index (χ1v) is 7.14. The van der Waals surface area contributed by atoms with Gasteiger partial charge in [0.25, 0.3) is 10.9 Å². The second-order valence-electron chi connectivity index (χ2n) is 5.08. The van der Waals surface area contributed by atoms with Crippen LogP contribution in [0.25, 0.3) is 0 Å². The summed E-state index contributed by atoms with van der Waals surface area (Å²) in [6.07, 6.45) is 2.40. The Bertz CT molecular complexity index is 856. The summed E-state index contributed by atoms with van der Waals surface area (Å²) in [5.41, 5.74) is 0.657. The smallest absolute Gasteiger partial charge is 0.253 e. The number of hydrogen-bond donors (Lipinski definition) is 3. The number of aliphatic hydroxyl groups is 1. The first-order chi connectivity index (χ1) is 11.2. The second kappa shape index (κ2) is 6.41. The molecule has 23 heavy (non-hydrogen) atoms. The zero-order valence-electron chi connectivity index (χ0n) is 12.2. The Morgan fingerprint density at radius 1 is 0.957 bits per heavy atom. The highest BCUT2D eigenvalue weighted by Crippen LogP contribution is 2.21. The van der Waals surface area contributed by atoms with E-state index in [1.807, 2.05) is 18.2 Å². The number of pyridine rings is 1. The zero-order valence-corrected chi connectivity index (χ0v) is 12.2. The third-order valence-electron chi connectivity index (χ3n) is 3.52. The maximum Gasteiger partial charge on any atom is 0.253 e. The van der Waals surface area contributed by atoms with Gasteiger partial charge < -0.3 is 15.7 Å². The Morgan fingerprint density at radius 2 is 1.61 bits per heavy atom. The first-order valence-electron chi connectivity index (χ1n) is 7.14. The summed E-state index contributed by atoms with van der Waals surface area (Å²) in [7, 11) is 0. The summed E-state index contributed by atoms with van der Waals surface area (Å²) >= 11 is 0. The molecule has 2 aromatic carbocycles. The van der Waals surface area contributed by atoms with Crippen molar-refractivity contribution in [2.45, 2.75) is 6.10 Å². The van der Waals surface area contributed by atoms with Gasteiger partial charge in [-0.1, -0.05) is 30.3 Å². The van der Waals surface area contributed by atoms with Crippen LogP contribution in [-0.2, 0) is 0 Å². The van der Waals surface area contributed by atoms with Gasteiger partial charge in [0.15, 0.2) is 0 Å². The van der Waals surface area contributed by atoms with E-state index in [-0.39, 0.29) is 17.9 Å². The summed E-state index contributed by atoms with van der Waals surface area (Å²) in [6, 6.07) is 12.5. The van der Waals surface area contributed by atoms with Crippen LogP contribution in [0.15, 0.2) is 64.4 Å². The van der Waals surface area contributed by atoms with Gasteiger partial charge in [0.1, 0.15) is 11.4 Å². The molecule has 0 aliphatic heterocycles. The summed E-state index contributed by atoms with van der Waals surface area (Å²) < 4.78 is 0. The molecule has 0 radical (unpaired) electrons. The average Bonchev–Trinajstić information content (AvgIpc) is 2.62. The molecule has 3 rings (SSSR count). The predicted octanol–water partition coefficient (Wildman–Crippen LogP) is 1.57. The van der Waals surface area contributed by atoms with E-state index in [2.05, 4.69) is 15.6 Å². The quantitative estimate of drug-likeness (QED) is 0.599. The molecule has 0 aliphatic rings. The van der Waals surface area contributed by atoms with E-state index >= 15 is 0 Å². The average molecular weight is 309 g/mol. The van der Waals surface area contributed by atoms with Crippen LogP contribution in [0.2, 0.25) is 0 Å². The van der Waals surface area contributed by atoms with Gasteiger partial charge in [0.05, 0.1) is 6.10 Å². The van der Waals surface area contributed by atoms with Crippen molar-refractivity contribution < 1.29 is 5.11 Å². The van der Waals surface area contributed by atoms with Gasteiger partial charge in [-0.3, -0.25) is 14.6 Å². The van der Waals surface area contributed by atoms with Crippen LogP contribution in [0.3, 0.4) is 0 Å². The molecule has 1 unspecified atom stereocenters. The Labute approximate surface area is 132 Å². The standard InChI is InChI=1S/C17H15N3O3/c21-13(11-4-2-1-3-5-11)10-19-14-15(17(23)16(14)22)20-12-6-8-18-9-7-12/h1-9,13,19,21H,10H2,(H,18,20). The fourth-order valence-corrected chi connectivity index (χ4v) is 2.25. The predicted molar refractivity (Wildman–Crippen MR) is 88.8 cm³/mol. The van der Waals surface area contributed by atoms with Crippen molar-refractivity contribution in [3.8, 4) is 0 Å². The molecule has 0 amide bonds. The lowest BCUT2D eigenvalue weighted by molar-refractivity contribution is 0.191. The van der Waals surface area contributed by atoms with Crippen LogP contribution in [0, 0.1) is 0 Å². The number of aromatic nitrogens is 1. The molecule has 1 atom stereocenters. The monoisotopic (exact) mass is 309 g/mol. The Balaban J connectivity index is 1.71. The Kier molecular flexibility index (Phi) is 4.16. The lowest BCUT2D eigenvalue weighted by Crippen LogP contribution is -2.37. The normalized spacial score (nSPS) is 12.0. The molecule has 0 aliphatic carbocycles. The van der Waals surface area contributed by atoms with Gasteiger partial charge in [-0.2, -0.15) is 0 Å². The summed E-state index contributed by atoms with van der Waals surface area (Å²) in [5.74, 6) is 0. The van der Waals surface area contributed by atoms with Crippen molar-refractivity contribution in [2.24, 2.45) is 0 Å². The first kappa shape index (κ1) is 14.9. The van der Waals surface area contributed by atoms with Crippen molar-refractivity contribution in [1.29, 1.82) is 0 Å². The highest BCUT2D eigenvalue weighted by Gasteiger charge is 2.21. The van der Waals surface area contributed by atoms with Gasteiger partial charge in [-0.05, 0) is 17.7 Å². The van der Waals surface area contributed by atoms with E-state index < -0.39 is 17.0 Å². The van der Waals surface area contributed by atoms with E-state index in [0.29, 0.717) is 5.69 Å². The zero-order chi connectivity index (χ0) is 16.2. The number of rotatable bonds is 6. The minimum atomic E-state index is -0.769. The Morgan fingerprint density at radius 3 is 2.30 bits per heavy atom. The molecule has 0 bridgehead atoms. The van der Waals surface area contributed by atoms with Crippen molar-refractivity contribution in [3.05, 3.63) is 80.9 Å². The van der Waals surface area contributed by atoms with Crippen molar-refractivity contribution in [1.82, 2.24) is 4.98 Å².